The Morgan fingerprint density at radius 1 is 1.21 bits per heavy atom. The van der Waals surface area contributed by atoms with Gasteiger partial charge in [0.1, 0.15) is 18.2 Å². The van der Waals surface area contributed by atoms with Gasteiger partial charge in [0.25, 0.3) is 0 Å². The Kier molecular flexibility index (Phi) is 6.72. The number of nitrogens with one attached hydrogen (secondary N) is 1. The monoisotopic (exact) mass is 332 g/mol. The van der Waals surface area contributed by atoms with Gasteiger partial charge in [0, 0.05) is 25.6 Å². The van der Waals surface area contributed by atoms with Gasteiger partial charge in [-0.3, -0.25) is 4.79 Å². The van der Waals surface area contributed by atoms with Gasteiger partial charge in [-0.15, -0.1) is 0 Å². The third-order valence-electron chi connectivity index (χ3n) is 3.39. The van der Waals surface area contributed by atoms with Crippen LogP contribution in [0.15, 0.2) is 48.5 Å². The number of hydrogen-bond donors (Lipinski definition) is 2. The highest BCUT2D eigenvalue weighted by molar-refractivity contribution is 5.92. The lowest BCUT2D eigenvalue weighted by Gasteiger charge is -2.15. The largest absolute Gasteiger partial charge is 0.489 e. The van der Waals surface area contributed by atoms with E-state index in [2.05, 4.69) is 5.32 Å². The molecule has 6 heteroatoms. The molecule has 2 aromatic carbocycles. The lowest BCUT2D eigenvalue weighted by Crippen LogP contribution is -2.21. The minimum atomic E-state index is -0.461. The summed E-state index contributed by atoms with van der Waals surface area (Å²) in [5.74, 6) is -0.389. The first kappa shape index (κ1) is 17.9. The lowest BCUT2D eigenvalue weighted by atomic mass is 10.0. The zero-order valence-corrected chi connectivity index (χ0v) is 13.5. The SMILES string of the molecule is COCCOc1ccc(F)cc1NC(=O)CC(N)c1ccccc1. The molecule has 128 valence electrons. The minimum absolute atomic E-state index is 0.0814. The van der Waals surface area contributed by atoms with Crippen molar-refractivity contribution in [1.82, 2.24) is 0 Å². The fraction of sp³-hybridized carbons (Fsp3) is 0.278. The Morgan fingerprint density at radius 3 is 2.67 bits per heavy atom. The molecule has 0 aliphatic heterocycles. The van der Waals surface area contributed by atoms with Crippen molar-refractivity contribution < 1.29 is 18.7 Å². The zero-order chi connectivity index (χ0) is 17.4. The summed E-state index contributed by atoms with van der Waals surface area (Å²) < 4.78 is 23.8. The summed E-state index contributed by atoms with van der Waals surface area (Å²) >= 11 is 0. The first-order chi connectivity index (χ1) is 11.6. The molecule has 1 unspecified atom stereocenters. The number of ether oxygens (including phenoxy) is 2. The average molecular weight is 332 g/mol. The van der Waals surface area contributed by atoms with E-state index in [1.165, 1.54) is 18.2 Å². The maximum Gasteiger partial charge on any atom is 0.226 e. The first-order valence-corrected chi connectivity index (χ1v) is 7.62. The van der Waals surface area contributed by atoms with E-state index in [0.717, 1.165) is 5.56 Å². The average Bonchev–Trinajstić information content (AvgIpc) is 2.57. The molecule has 2 rings (SSSR count). The number of nitrogens with two attached hydrogens (primary N) is 1. The van der Waals surface area contributed by atoms with Crippen LogP contribution >= 0.6 is 0 Å². The molecule has 0 aliphatic rings. The maximum atomic E-state index is 13.5. The van der Waals surface area contributed by atoms with Crippen LogP contribution in [0.1, 0.15) is 18.0 Å². The second-order valence-electron chi connectivity index (χ2n) is 5.25. The van der Waals surface area contributed by atoms with Crippen molar-refractivity contribution in [3.63, 3.8) is 0 Å². The van der Waals surface area contributed by atoms with Crippen LogP contribution in [0.5, 0.6) is 5.75 Å². The summed E-state index contributed by atoms with van der Waals surface area (Å²) in [6.07, 6.45) is 0.0814. The first-order valence-electron chi connectivity index (χ1n) is 7.62. The molecule has 0 bridgehead atoms. The highest BCUT2D eigenvalue weighted by atomic mass is 19.1. The Balaban J connectivity index is 2.01. The molecule has 0 fully saturated rings. The van der Waals surface area contributed by atoms with Gasteiger partial charge >= 0.3 is 0 Å². The van der Waals surface area contributed by atoms with Gasteiger partial charge in [-0.2, -0.15) is 0 Å². The predicted molar refractivity (Wildman–Crippen MR) is 90.4 cm³/mol. The van der Waals surface area contributed by atoms with Crippen LogP contribution in [0.25, 0.3) is 0 Å². The van der Waals surface area contributed by atoms with E-state index in [1.54, 1.807) is 7.11 Å². The van der Waals surface area contributed by atoms with E-state index in [0.29, 0.717) is 19.0 Å². The molecule has 0 radical (unpaired) electrons. The van der Waals surface area contributed by atoms with Crippen molar-refractivity contribution >= 4 is 11.6 Å². The number of anilines is 1. The Hall–Kier alpha value is -2.44. The smallest absolute Gasteiger partial charge is 0.226 e. The van der Waals surface area contributed by atoms with E-state index < -0.39 is 11.9 Å². The van der Waals surface area contributed by atoms with Gasteiger partial charge in [-0.05, 0) is 17.7 Å². The summed E-state index contributed by atoms with van der Waals surface area (Å²) in [7, 11) is 1.56. The molecule has 0 aliphatic carbocycles. The number of hydrogen-bond acceptors (Lipinski definition) is 4. The minimum Gasteiger partial charge on any atom is -0.489 e. The Bertz CT molecular complexity index is 665. The van der Waals surface area contributed by atoms with Crippen molar-refractivity contribution in [2.24, 2.45) is 5.73 Å². The third-order valence-corrected chi connectivity index (χ3v) is 3.39. The summed E-state index contributed by atoms with van der Waals surface area (Å²) in [5, 5.41) is 2.65. The molecule has 2 aromatic rings. The highest BCUT2D eigenvalue weighted by Gasteiger charge is 2.14. The number of carbonyl (C=O) groups excluding carboxylic acids is 1. The van der Waals surface area contributed by atoms with Gasteiger partial charge < -0.3 is 20.5 Å². The molecule has 0 aromatic heterocycles. The molecule has 5 nitrogen and oxygen atoms in total. The normalized spacial score (nSPS) is 11.8. The predicted octanol–water partition coefficient (Wildman–Crippen LogP) is 2.88. The second-order valence-corrected chi connectivity index (χ2v) is 5.25. The maximum absolute atomic E-state index is 13.5. The Morgan fingerprint density at radius 2 is 1.96 bits per heavy atom. The molecule has 0 spiro atoms. The van der Waals surface area contributed by atoms with Gasteiger partial charge in [-0.25, -0.2) is 4.39 Å². The summed E-state index contributed by atoms with van der Waals surface area (Å²) in [5.41, 5.74) is 7.17. The molecule has 1 amide bonds. The number of carbonyl (C=O) groups is 1. The van der Waals surface area contributed by atoms with Crippen LogP contribution in [0.2, 0.25) is 0 Å². The van der Waals surface area contributed by atoms with Crippen LogP contribution < -0.4 is 15.8 Å². The zero-order valence-electron chi connectivity index (χ0n) is 13.5. The summed E-state index contributed by atoms with van der Waals surface area (Å²) in [6, 6.07) is 12.9. The number of rotatable bonds is 8. The van der Waals surface area contributed by atoms with Gasteiger partial charge in [0.2, 0.25) is 5.91 Å². The fourth-order valence-electron chi connectivity index (χ4n) is 2.18. The molecule has 1 atom stereocenters. The van der Waals surface area contributed by atoms with Crippen LogP contribution in [0.4, 0.5) is 10.1 Å². The van der Waals surface area contributed by atoms with Crippen LogP contribution in [0, 0.1) is 5.82 Å². The van der Waals surface area contributed by atoms with Crippen molar-refractivity contribution in [3.05, 3.63) is 59.9 Å². The molecule has 0 saturated carbocycles. The van der Waals surface area contributed by atoms with Gasteiger partial charge in [0.15, 0.2) is 0 Å². The molecule has 24 heavy (non-hydrogen) atoms. The summed E-state index contributed by atoms with van der Waals surface area (Å²) in [6.45, 7) is 0.693. The van der Waals surface area contributed by atoms with Crippen molar-refractivity contribution in [3.8, 4) is 5.75 Å². The summed E-state index contributed by atoms with van der Waals surface area (Å²) in [4.78, 5) is 12.2. The van der Waals surface area contributed by atoms with Gasteiger partial charge in [-0.1, -0.05) is 30.3 Å². The molecule has 0 heterocycles. The van der Waals surface area contributed by atoms with Crippen molar-refractivity contribution in [1.29, 1.82) is 0 Å². The van der Waals surface area contributed by atoms with E-state index >= 15 is 0 Å². The topological polar surface area (TPSA) is 73.6 Å². The van der Waals surface area contributed by atoms with Gasteiger partial charge in [0.05, 0.1) is 12.3 Å². The second kappa shape index (κ2) is 9.00. The molecule has 0 saturated heterocycles. The Labute approximate surface area is 140 Å². The fourth-order valence-corrected chi connectivity index (χ4v) is 2.18. The number of methoxy groups -OCH3 is 1. The third kappa shape index (κ3) is 5.33. The van der Waals surface area contributed by atoms with Crippen LogP contribution in [0.3, 0.4) is 0 Å². The van der Waals surface area contributed by atoms with E-state index in [4.69, 9.17) is 15.2 Å². The molecular weight excluding hydrogens is 311 g/mol. The number of benzene rings is 2. The van der Waals surface area contributed by atoms with Crippen LogP contribution in [-0.4, -0.2) is 26.2 Å². The van der Waals surface area contributed by atoms with E-state index in [9.17, 15) is 9.18 Å². The van der Waals surface area contributed by atoms with Crippen LogP contribution in [-0.2, 0) is 9.53 Å². The number of amides is 1. The highest BCUT2D eigenvalue weighted by Crippen LogP contribution is 2.26. The number of halogens is 1. The lowest BCUT2D eigenvalue weighted by molar-refractivity contribution is -0.116. The van der Waals surface area contributed by atoms with E-state index in [1.807, 2.05) is 30.3 Å². The van der Waals surface area contributed by atoms with E-state index in [-0.39, 0.29) is 18.0 Å². The van der Waals surface area contributed by atoms with Crippen molar-refractivity contribution in [2.75, 3.05) is 25.6 Å². The quantitative estimate of drug-likeness (QED) is 0.729. The standard InChI is InChI=1S/C18H21FN2O3/c1-23-9-10-24-17-8-7-14(19)11-16(17)21-18(22)12-15(20)13-5-3-2-4-6-13/h2-8,11,15H,9-10,12,20H2,1H3,(H,21,22). The molecular formula is C18H21FN2O3. The molecule has 3 N–H and O–H groups in total. The van der Waals surface area contributed by atoms with Crippen molar-refractivity contribution in [2.45, 2.75) is 12.5 Å².